The Bertz CT molecular complexity index is 352. The summed E-state index contributed by atoms with van der Waals surface area (Å²) in [7, 11) is -1.58. The number of rotatable bonds is 5. The molecule has 19 heavy (non-hydrogen) atoms. The van der Waals surface area contributed by atoms with E-state index in [9.17, 15) is 8.42 Å². The fourth-order valence-corrected chi connectivity index (χ4v) is 4.11. The molecule has 0 aromatic heterocycles. The summed E-state index contributed by atoms with van der Waals surface area (Å²) >= 11 is 0. The quantitative estimate of drug-likeness (QED) is 0.800. The maximum absolute atomic E-state index is 12.2. The standard InChI is InChI=1S/C12H25N3O2S.ClH/c1-15(12-5-3-2-4-6-12)18(16,17)14-10-11-7-8-13-9-11;/h11-14H,2-10H2,1H3;1H. The highest BCUT2D eigenvalue weighted by Gasteiger charge is 2.28. The Balaban J connectivity index is 0.00000180. The van der Waals surface area contributed by atoms with Gasteiger partial charge in [0.15, 0.2) is 0 Å². The van der Waals surface area contributed by atoms with Gasteiger partial charge in [-0.1, -0.05) is 19.3 Å². The van der Waals surface area contributed by atoms with Crippen molar-refractivity contribution < 1.29 is 8.42 Å². The molecule has 0 radical (unpaired) electrons. The molecule has 1 heterocycles. The fourth-order valence-electron chi connectivity index (χ4n) is 2.85. The monoisotopic (exact) mass is 311 g/mol. The molecular formula is C12H26ClN3O2S. The zero-order valence-electron chi connectivity index (χ0n) is 11.6. The molecule has 0 aromatic carbocycles. The summed E-state index contributed by atoms with van der Waals surface area (Å²) in [6.45, 7) is 2.49. The smallest absolute Gasteiger partial charge is 0.279 e. The van der Waals surface area contributed by atoms with Gasteiger partial charge >= 0.3 is 0 Å². The van der Waals surface area contributed by atoms with E-state index in [1.165, 1.54) is 6.42 Å². The Kier molecular flexibility index (Phi) is 7.04. The minimum absolute atomic E-state index is 0. The van der Waals surface area contributed by atoms with E-state index < -0.39 is 10.2 Å². The lowest BCUT2D eigenvalue weighted by atomic mass is 9.96. The van der Waals surface area contributed by atoms with Gasteiger partial charge < -0.3 is 5.32 Å². The lowest BCUT2D eigenvalue weighted by Crippen LogP contribution is -2.46. The van der Waals surface area contributed by atoms with Crippen LogP contribution in [0.4, 0.5) is 0 Å². The number of nitrogens with one attached hydrogen (secondary N) is 2. The molecule has 0 amide bonds. The molecule has 2 fully saturated rings. The molecule has 0 spiro atoms. The minimum atomic E-state index is -3.29. The second kappa shape index (κ2) is 7.78. The molecule has 1 aliphatic heterocycles. The van der Waals surface area contributed by atoms with Crippen LogP contribution in [0.15, 0.2) is 0 Å². The van der Waals surface area contributed by atoms with Crippen LogP contribution in [-0.2, 0) is 10.2 Å². The highest BCUT2D eigenvalue weighted by Crippen LogP contribution is 2.23. The van der Waals surface area contributed by atoms with Crippen molar-refractivity contribution in [2.45, 2.75) is 44.6 Å². The van der Waals surface area contributed by atoms with Crippen molar-refractivity contribution in [1.29, 1.82) is 0 Å². The second-order valence-electron chi connectivity index (χ2n) is 5.52. The lowest BCUT2D eigenvalue weighted by molar-refractivity contribution is 0.282. The molecule has 0 bridgehead atoms. The number of nitrogens with zero attached hydrogens (tertiary/aromatic N) is 1. The summed E-state index contributed by atoms with van der Waals surface area (Å²) in [5, 5.41) is 3.25. The number of halogens is 1. The first kappa shape index (κ1) is 17.2. The Labute approximate surface area is 123 Å². The van der Waals surface area contributed by atoms with E-state index in [4.69, 9.17) is 0 Å². The van der Waals surface area contributed by atoms with Crippen molar-refractivity contribution >= 4 is 22.6 Å². The first-order valence-electron chi connectivity index (χ1n) is 7.03. The van der Waals surface area contributed by atoms with E-state index in [0.717, 1.165) is 45.2 Å². The van der Waals surface area contributed by atoms with Crippen molar-refractivity contribution in [2.75, 3.05) is 26.7 Å². The van der Waals surface area contributed by atoms with Crippen molar-refractivity contribution in [3.8, 4) is 0 Å². The topological polar surface area (TPSA) is 61.4 Å². The SMILES string of the molecule is CN(C1CCCCC1)S(=O)(=O)NCC1CCNC1.Cl. The Hall–Kier alpha value is 0.120. The molecule has 7 heteroatoms. The van der Waals surface area contributed by atoms with Crippen LogP contribution in [0, 0.1) is 5.92 Å². The summed E-state index contributed by atoms with van der Waals surface area (Å²) in [5.74, 6) is 0.444. The fraction of sp³-hybridized carbons (Fsp3) is 1.00. The van der Waals surface area contributed by atoms with E-state index in [-0.39, 0.29) is 18.4 Å². The van der Waals surface area contributed by atoms with Crippen molar-refractivity contribution in [3.05, 3.63) is 0 Å². The van der Waals surface area contributed by atoms with Gasteiger partial charge in [-0.15, -0.1) is 12.4 Å². The molecule has 2 rings (SSSR count). The van der Waals surface area contributed by atoms with Crippen LogP contribution in [0.1, 0.15) is 38.5 Å². The third-order valence-corrected chi connectivity index (χ3v) is 5.77. The van der Waals surface area contributed by atoms with E-state index in [1.54, 1.807) is 11.4 Å². The normalized spacial score (nSPS) is 25.5. The second-order valence-corrected chi connectivity index (χ2v) is 7.34. The van der Waals surface area contributed by atoms with Crippen LogP contribution in [0.25, 0.3) is 0 Å². The van der Waals surface area contributed by atoms with Gasteiger partial charge in [0.2, 0.25) is 0 Å². The largest absolute Gasteiger partial charge is 0.316 e. The highest BCUT2D eigenvalue weighted by molar-refractivity contribution is 7.87. The lowest BCUT2D eigenvalue weighted by Gasteiger charge is -2.30. The van der Waals surface area contributed by atoms with Gasteiger partial charge in [0.25, 0.3) is 10.2 Å². The molecule has 1 unspecified atom stereocenters. The molecule has 5 nitrogen and oxygen atoms in total. The summed E-state index contributed by atoms with van der Waals surface area (Å²) < 4.78 is 28.7. The third-order valence-electron chi connectivity index (χ3n) is 4.18. The summed E-state index contributed by atoms with van der Waals surface area (Å²) in [6.07, 6.45) is 6.61. The first-order chi connectivity index (χ1) is 8.59. The van der Waals surface area contributed by atoms with Crippen LogP contribution < -0.4 is 10.0 Å². The molecular weight excluding hydrogens is 286 g/mol. The van der Waals surface area contributed by atoms with E-state index in [0.29, 0.717) is 12.5 Å². The zero-order chi connectivity index (χ0) is 13.0. The molecule has 114 valence electrons. The van der Waals surface area contributed by atoms with Crippen LogP contribution in [0.3, 0.4) is 0 Å². The molecule has 1 atom stereocenters. The molecule has 1 aliphatic carbocycles. The van der Waals surface area contributed by atoms with Gasteiger partial charge in [0.1, 0.15) is 0 Å². The van der Waals surface area contributed by atoms with E-state index >= 15 is 0 Å². The van der Waals surface area contributed by atoms with Crippen LogP contribution in [0.2, 0.25) is 0 Å². The van der Waals surface area contributed by atoms with E-state index in [2.05, 4.69) is 10.0 Å². The van der Waals surface area contributed by atoms with Crippen LogP contribution in [-0.4, -0.2) is 45.4 Å². The number of hydrogen-bond donors (Lipinski definition) is 2. The Morgan fingerprint density at radius 3 is 2.47 bits per heavy atom. The first-order valence-corrected chi connectivity index (χ1v) is 8.47. The van der Waals surface area contributed by atoms with Gasteiger partial charge in [0, 0.05) is 19.6 Å². The summed E-state index contributed by atoms with van der Waals surface area (Å²) in [5.41, 5.74) is 0. The predicted octanol–water partition coefficient (Wildman–Crippen LogP) is 1.12. The van der Waals surface area contributed by atoms with Gasteiger partial charge in [-0.3, -0.25) is 0 Å². The van der Waals surface area contributed by atoms with Crippen LogP contribution >= 0.6 is 12.4 Å². The predicted molar refractivity (Wildman–Crippen MR) is 79.8 cm³/mol. The summed E-state index contributed by atoms with van der Waals surface area (Å²) in [4.78, 5) is 0. The molecule has 2 N–H and O–H groups in total. The minimum Gasteiger partial charge on any atom is -0.316 e. The maximum Gasteiger partial charge on any atom is 0.279 e. The average molecular weight is 312 g/mol. The zero-order valence-corrected chi connectivity index (χ0v) is 13.2. The molecule has 1 saturated heterocycles. The number of hydrogen-bond acceptors (Lipinski definition) is 3. The summed E-state index contributed by atoms with van der Waals surface area (Å²) in [6, 6.07) is 0.193. The molecule has 2 aliphatic rings. The highest BCUT2D eigenvalue weighted by atomic mass is 35.5. The van der Waals surface area contributed by atoms with Gasteiger partial charge in [-0.05, 0) is 38.3 Å². The van der Waals surface area contributed by atoms with E-state index in [1.807, 2.05) is 0 Å². The van der Waals surface area contributed by atoms with Gasteiger partial charge in [-0.2, -0.15) is 12.7 Å². The van der Waals surface area contributed by atoms with Gasteiger partial charge in [0.05, 0.1) is 0 Å². The maximum atomic E-state index is 12.2. The van der Waals surface area contributed by atoms with Crippen molar-refractivity contribution in [1.82, 2.24) is 14.3 Å². The third kappa shape index (κ3) is 4.86. The molecule has 1 saturated carbocycles. The van der Waals surface area contributed by atoms with Crippen molar-refractivity contribution in [2.24, 2.45) is 5.92 Å². The van der Waals surface area contributed by atoms with Crippen LogP contribution in [0.5, 0.6) is 0 Å². The Morgan fingerprint density at radius 1 is 1.21 bits per heavy atom. The van der Waals surface area contributed by atoms with Crippen molar-refractivity contribution in [3.63, 3.8) is 0 Å². The average Bonchev–Trinajstić information content (AvgIpc) is 2.90. The Morgan fingerprint density at radius 2 is 1.89 bits per heavy atom. The van der Waals surface area contributed by atoms with Gasteiger partial charge in [-0.25, -0.2) is 4.72 Å². The molecule has 0 aromatic rings.